The fourth-order valence-corrected chi connectivity index (χ4v) is 1.64. The molecule has 0 fully saturated rings. The first-order chi connectivity index (χ1) is 8.19. The van der Waals surface area contributed by atoms with Gasteiger partial charge in [-0.1, -0.05) is 0 Å². The number of hydrogen-bond acceptors (Lipinski definition) is 4. The summed E-state index contributed by atoms with van der Waals surface area (Å²) >= 11 is 0. The number of fused-ring (bicyclic) bond motifs is 1. The Kier molecular flexibility index (Phi) is 3.24. The van der Waals surface area contributed by atoms with Crippen molar-refractivity contribution in [2.75, 3.05) is 11.9 Å². The number of carbonyl (C=O) groups is 2. The molecule has 1 aromatic carbocycles. The number of benzene rings is 1. The molecule has 1 aliphatic rings. The summed E-state index contributed by atoms with van der Waals surface area (Å²) in [6.07, 6.45) is 1.15. The predicted octanol–water partition coefficient (Wildman–Crippen LogP) is -0.0600. The highest BCUT2D eigenvalue weighted by Gasteiger charge is 2.15. The van der Waals surface area contributed by atoms with Crippen molar-refractivity contribution in [1.29, 1.82) is 0 Å². The van der Waals surface area contributed by atoms with Crippen LogP contribution >= 0.6 is 0 Å². The zero-order valence-corrected chi connectivity index (χ0v) is 9.16. The summed E-state index contributed by atoms with van der Waals surface area (Å²) in [4.78, 5) is 22.1. The second kappa shape index (κ2) is 4.84. The predicted molar refractivity (Wildman–Crippen MR) is 61.2 cm³/mol. The highest BCUT2D eigenvalue weighted by Crippen LogP contribution is 2.26. The van der Waals surface area contributed by atoms with Crippen LogP contribution in [0.15, 0.2) is 18.2 Å². The molecule has 0 atom stereocenters. The van der Waals surface area contributed by atoms with E-state index >= 15 is 0 Å². The molecule has 0 saturated heterocycles. The Morgan fingerprint density at radius 3 is 3.06 bits per heavy atom. The highest BCUT2D eigenvalue weighted by atomic mass is 16.5. The zero-order chi connectivity index (χ0) is 12.3. The lowest BCUT2D eigenvalue weighted by atomic mass is 10.0. The summed E-state index contributed by atoms with van der Waals surface area (Å²) in [6.45, 7) is -0.123. The van der Waals surface area contributed by atoms with Crippen molar-refractivity contribution in [3.8, 4) is 5.75 Å². The molecule has 6 heteroatoms. The molecule has 1 heterocycles. The fourth-order valence-electron chi connectivity index (χ4n) is 1.64. The van der Waals surface area contributed by atoms with Crippen LogP contribution in [0.3, 0.4) is 0 Å². The maximum absolute atomic E-state index is 11.2. The van der Waals surface area contributed by atoms with E-state index in [2.05, 4.69) is 5.32 Å². The second-order valence-corrected chi connectivity index (χ2v) is 3.72. The van der Waals surface area contributed by atoms with Crippen LogP contribution < -0.4 is 21.3 Å². The third-order valence-electron chi connectivity index (χ3n) is 2.50. The summed E-state index contributed by atoms with van der Waals surface area (Å²) in [5.41, 5.74) is 3.79. The van der Waals surface area contributed by atoms with Crippen LogP contribution in [0.5, 0.6) is 5.75 Å². The summed E-state index contributed by atoms with van der Waals surface area (Å²) in [5.74, 6) is 5.15. The number of hydrogen-bond donors (Lipinski definition) is 3. The lowest BCUT2D eigenvalue weighted by Gasteiger charge is -2.17. The van der Waals surface area contributed by atoms with Crippen LogP contribution in [0.2, 0.25) is 0 Å². The standard InChI is InChI=1S/C11H13N3O3/c12-14-11(16)6-17-8-2-3-9-7(5-8)1-4-10(15)13-9/h2-3,5H,1,4,6,12H2,(H,13,15)(H,14,16). The van der Waals surface area contributed by atoms with Gasteiger partial charge in [-0.3, -0.25) is 15.0 Å². The number of aryl methyl sites for hydroxylation is 1. The minimum absolute atomic E-state index is 0.0219. The zero-order valence-electron chi connectivity index (χ0n) is 9.16. The van der Waals surface area contributed by atoms with Gasteiger partial charge in [-0.25, -0.2) is 5.84 Å². The van der Waals surface area contributed by atoms with Crippen molar-refractivity contribution < 1.29 is 14.3 Å². The van der Waals surface area contributed by atoms with Crippen molar-refractivity contribution in [2.45, 2.75) is 12.8 Å². The smallest absolute Gasteiger partial charge is 0.271 e. The normalized spacial score (nSPS) is 13.6. The molecule has 1 aliphatic heterocycles. The third-order valence-corrected chi connectivity index (χ3v) is 2.50. The van der Waals surface area contributed by atoms with Gasteiger partial charge in [0.25, 0.3) is 5.91 Å². The van der Waals surface area contributed by atoms with Crippen LogP contribution in [-0.2, 0) is 16.0 Å². The number of nitrogens with one attached hydrogen (secondary N) is 2. The Bertz CT molecular complexity index is 459. The molecule has 0 aliphatic carbocycles. The first-order valence-electron chi connectivity index (χ1n) is 5.24. The topological polar surface area (TPSA) is 93.4 Å². The molecule has 0 bridgehead atoms. The lowest BCUT2D eigenvalue weighted by molar-refractivity contribution is -0.123. The minimum atomic E-state index is -0.393. The molecule has 17 heavy (non-hydrogen) atoms. The number of ether oxygens (including phenoxy) is 1. The Morgan fingerprint density at radius 1 is 1.47 bits per heavy atom. The van der Waals surface area contributed by atoms with Gasteiger partial charge in [-0.05, 0) is 30.2 Å². The van der Waals surface area contributed by atoms with Crippen molar-refractivity contribution in [1.82, 2.24) is 5.43 Å². The summed E-state index contributed by atoms with van der Waals surface area (Å²) in [5, 5.41) is 2.77. The van der Waals surface area contributed by atoms with E-state index in [1.54, 1.807) is 12.1 Å². The van der Waals surface area contributed by atoms with Gasteiger partial charge in [0, 0.05) is 12.1 Å². The molecule has 0 radical (unpaired) electrons. The van der Waals surface area contributed by atoms with Crippen molar-refractivity contribution in [2.24, 2.45) is 5.84 Å². The maximum atomic E-state index is 11.2. The first-order valence-corrected chi connectivity index (χ1v) is 5.24. The van der Waals surface area contributed by atoms with Gasteiger partial charge in [0.15, 0.2) is 6.61 Å². The molecular formula is C11H13N3O3. The summed E-state index contributed by atoms with van der Waals surface area (Å²) in [6, 6.07) is 5.29. The van der Waals surface area contributed by atoms with E-state index in [9.17, 15) is 9.59 Å². The second-order valence-electron chi connectivity index (χ2n) is 3.72. The van der Waals surface area contributed by atoms with Crippen LogP contribution in [0.25, 0.3) is 0 Å². The molecule has 90 valence electrons. The van der Waals surface area contributed by atoms with Gasteiger partial charge in [0.2, 0.25) is 5.91 Å². The Balaban J connectivity index is 2.06. The van der Waals surface area contributed by atoms with Gasteiger partial charge in [-0.15, -0.1) is 0 Å². The number of nitrogens with two attached hydrogens (primary N) is 1. The van der Waals surface area contributed by atoms with Gasteiger partial charge in [0.05, 0.1) is 0 Å². The van der Waals surface area contributed by atoms with E-state index in [1.165, 1.54) is 0 Å². The molecule has 4 N–H and O–H groups in total. The number of anilines is 1. The Morgan fingerprint density at radius 2 is 2.29 bits per heavy atom. The fraction of sp³-hybridized carbons (Fsp3) is 0.273. The van der Waals surface area contributed by atoms with Crippen LogP contribution in [0.4, 0.5) is 5.69 Å². The van der Waals surface area contributed by atoms with Crippen molar-refractivity contribution in [3.63, 3.8) is 0 Å². The monoisotopic (exact) mass is 235 g/mol. The van der Waals surface area contributed by atoms with Gasteiger partial charge >= 0.3 is 0 Å². The molecule has 1 aromatic rings. The first kappa shape index (κ1) is 11.4. The molecule has 0 spiro atoms. The number of hydrazine groups is 1. The van der Waals surface area contributed by atoms with E-state index in [-0.39, 0.29) is 12.5 Å². The lowest BCUT2D eigenvalue weighted by Crippen LogP contribution is -2.34. The largest absolute Gasteiger partial charge is 0.484 e. The quantitative estimate of drug-likeness (QED) is 0.388. The van der Waals surface area contributed by atoms with E-state index < -0.39 is 5.91 Å². The molecule has 0 unspecified atom stereocenters. The number of rotatable bonds is 3. The summed E-state index contributed by atoms with van der Waals surface area (Å²) < 4.78 is 5.25. The SMILES string of the molecule is NNC(=O)COc1ccc2c(c1)CCC(=O)N2. The Hall–Kier alpha value is -2.08. The maximum Gasteiger partial charge on any atom is 0.271 e. The van der Waals surface area contributed by atoms with E-state index in [0.717, 1.165) is 11.3 Å². The van der Waals surface area contributed by atoms with E-state index in [1.807, 2.05) is 11.5 Å². The minimum Gasteiger partial charge on any atom is -0.484 e. The molecule has 0 saturated carbocycles. The van der Waals surface area contributed by atoms with Gasteiger partial charge in [-0.2, -0.15) is 0 Å². The van der Waals surface area contributed by atoms with Crippen molar-refractivity contribution >= 4 is 17.5 Å². The average Bonchev–Trinajstić information content (AvgIpc) is 2.35. The molecular weight excluding hydrogens is 222 g/mol. The van der Waals surface area contributed by atoms with Crippen LogP contribution in [0, 0.1) is 0 Å². The summed E-state index contributed by atoms with van der Waals surface area (Å²) in [7, 11) is 0. The average molecular weight is 235 g/mol. The van der Waals surface area contributed by atoms with Gasteiger partial charge < -0.3 is 10.1 Å². The third kappa shape index (κ3) is 2.73. The number of amides is 2. The van der Waals surface area contributed by atoms with E-state index in [0.29, 0.717) is 18.6 Å². The Labute approximate surface area is 98.1 Å². The highest BCUT2D eigenvalue weighted by molar-refractivity contribution is 5.94. The van der Waals surface area contributed by atoms with Crippen LogP contribution in [-0.4, -0.2) is 18.4 Å². The molecule has 6 nitrogen and oxygen atoms in total. The van der Waals surface area contributed by atoms with Crippen molar-refractivity contribution in [3.05, 3.63) is 23.8 Å². The van der Waals surface area contributed by atoms with E-state index in [4.69, 9.17) is 10.6 Å². The van der Waals surface area contributed by atoms with Crippen LogP contribution in [0.1, 0.15) is 12.0 Å². The molecule has 2 rings (SSSR count). The number of carbonyl (C=O) groups excluding carboxylic acids is 2. The molecule has 2 amide bonds. The molecule has 0 aromatic heterocycles. The van der Waals surface area contributed by atoms with Gasteiger partial charge in [0.1, 0.15) is 5.75 Å².